The number of guanidine groups is 2. The van der Waals surface area contributed by atoms with Crippen LogP contribution in [0, 0.1) is 10.8 Å². The summed E-state index contributed by atoms with van der Waals surface area (Å²) in [6, 6.07) is -0.686. The Kier molecular flexibility index (Phi) is 16.9. The number of rotatable bonds is 15. The third-order valence-electron chi connectivity index (χ3n) is 4.19. The van der Waals surface area contributed by atoms with Crippen LogP contribution < -0.4 is 22.1 Å². The minimum atomic E-state index is -0.343. The van der Waals surface area contributed by atoms with Gasteiger partial charge in [0.25, 0.3) is 0 Å². The lowest BCUT2D eigenvalue weighted by atomic mass is 10.2. The molecule has 0 spiro atoms. The molecule has 12 heteroatoms. The Morgan fingerprint density at radius 3 is 1.40 bits per heavy atom. The van der Waals surface area contributed by atoms with Gasteiger partial charge in [-0.25, -0.2) is 9.59 Å². The Morgan fingerprint density at radius 1 is 0.733 bits per heavy atom. The second-order valence-electron chi connectivity index (χ2n) is 6.64. The number of hydrogen-bond donors (Lipinski definition) is 6. The molecule has 0 saturated heterocycles. The van der Waals surface area contributed by atoms with Crippen molar-refractivity contribution in [3.63, 3.8) is 0 Å². The fourth-order valence-electron chi connectivity index (χ4n) is 2.57. The summed E-state index contributed by atoms with van der Waals surface area (Å²) < 4.78 is 0. The summed E-state index contributed by atoms with van der Waals surface area (Å²) in [6.45, 7) is 1.86. The number of nitrogens with zero attached hydrogens (tertiary/aromatic N) is 2. The Bertz CT molecular complexity index is 490. The van der Waals surface area contributed by atoms with Crippen molar-refractivity contribution in [1.29, 1.82) is 10.8 Å². The van der Waals surface area contributed by atoms with Gasteiger partial charge in [0.05, 0.1) is 0 Å². The zero-order chi connectivity index (χ0) is 22.8. The number of nitrogens with one attached hydrogen (secondary N) is 4. The van der Waals surface area contributed by atoms with Crippen LogP contribution in [0.4, 0.5) is 9.59 Å². The van der Waals surface area contributed by atoms with Crippen molar-refractivity contribution >= 4 is 47.5 Å². The van der Waals surface area contributed by atoms with Crippen LogP contribution in [0.3, 0.4) is 0 Å². The van der Waals surface area contributed by atoms with Gasteiger partial charge in [0.2, 0.25) is 0 Å². The summed E-state index contributed by atoms with van der Waals surface area (Å²) in [5.74, 6) is 1.40. The number of carbonyl (C=O) groups excluding carboxylic acids is 2. The van der Waals surface area contributed by atoms with Crippen molar-refractivity contribution < 1.29 is 9.59 Å². The number of nitrogens with two attached hydrogens (primary N) is 2. The van der Waals surface area contributed by atoms with E-state index in [2.05, 4.69) is 10.6 Å². The predicted molar refractivity (Wildman–Crippen MR) is 129 cm³/mol. The number of thioether (sulfide) groups is 2. The first-order chi connectivity index (χ1) is 14.3. The molecule has 0 rings (SSSR count). The van der Waals surface area contributed by atoms with Crippen molar-refractivity contribution in [3.8, 4) is 0 Å². The van der Waals surface area contributed by atoms with Gasteiger partial charge < -0.3 is 22.1 Å². The van der Waals surface area contributed by atoms with Crippen LogP contribution in [0.25, 0.3) is 0 Å². The van der Waals surface area contributed by atoms with Crippen molar-refractivity contribution in [3.05, 3.63) is 0 Å². The van der Waals surface area contributed by atoms with Gasteiger partial charge in [0.1, 0.15) is 0 Å². The summed E-state index contributed by atoms with van der Waals surface area (Å²) in [5.41, 5.74) is 11.1. The highest BCUT2D eigenvalue weighted by molar-refractivity contribution is 7.98. The molecular formula is C18H38N8O2S2. The number of urea groups is 2. The average Bonchev–Trinajstić information content (AvgIpc) is 2.69. The van der Waals surface area contributed by atoms with E-state index in [4.69, 9.17) is 22.3 Å². The lowest BCUT2D eigenvalue weighted by Gasteiger charge is -2.22. The van der Waals surface area contributed by atoms with E-state index in [1.807, 2.05) is 12.5 Å². The minimum Gasteiger partial charge on any atom is -0.370 e. The number of hydrogen-bond acceptors (Lipinski definition) is 6. The monoisotopic (exact) mass is 462 g/mol. The molecule has 0 fully saturated rings. The smallest absolute Gasteiger partial charge is 0.324 e. The van der Waals surface area contributed by atoms with E-state index in [9.17, 15) is 9.59 Å². The summed E-state index contributed by atoms with van der Waals surface area (Å²) in [4.78, 5) is 26.7. The quantitative estimate of drug-likeness (QED) is 0.123. The normalized spacial score (nSPS) is 10.3. The van der Waals surface area contributed by atoms with Crippen LogP contribution in [0.15, 0.2) is 0 Å². The molecular weight excluding hydrogens is 424 g/mol. The Labute approximate surface area is 188 Å². The average molecular weight is 463 g/mol. The summed E-state index contributed by atoms with van der Waals surface area (Å²) in [7, 11) is 0. The molecule has 8 N–H and O–H groups in total. The third-order valence-corrected chi connectivity index (χ3v) is 5.58. The molecule has 10 nitrogen and oxygen atoms in total. The number of amides is 4. The van der Waals surface area contributed by atoms with Crippen LogP contribution >= 0.6 is 23.5 Å². The largest absolute Gasteiger partial charge is 0.370 e. The first-order valence-electron chi connectivity index (χ1n) is 10.1. The van der Waals surface area contributed by atoms with Gasteiger partial charge >= 0.3 is 12.1 Å². The standard InChI is InChI=1S/C18H38N8O2S2/c1-29-13-7-9-23-17(27)25(15(19)20)11-5-3-4-6-12-26(16(21)22)18(28)24-10-8-14-30-2/h3-14H2,1-2H3,(H3,19,20)(H3,21,22)(H,23,27)(H,24,28). The molecule has 0 bridgehead atoms. The highest BCUT2D eigenvalue weighted by atomic mass is 32.2. The molecule has 0 radical (unpaired) electrons. The molecule has 0 unspecified atom stereocenters. The van der Waals surface area contributed by atoms with E-state index in [0.29, 0.717) is 39.0 Å². The van der Waals surface area contributed by atoms with Crippen LogP contribution in [0.5, 0.6) is 0 Å². The second-order valence-corrected chi connectivity index (χ2v) is 8.62. The molecule has 0 saturated carbocycles. The second kappa shape index (κ2) is 18.0. The van der Waals surface area contributed by atoms with Gasteiger partial charge in [-0.2, -0.15) is 23.5 Å². The first kappa shape index (κ1) is 28.2. The van der Waals surface area contributed by atoms with Crippen molar-refractivity contribution in [2.45, 2.75) is 38.5 Å². The zero-order valence-electron chi connectivity index (χ0n) is 18.2. The predicted octanol–water partition coefficient (Wildman–Crippen LogP) is 1.86. The zero-order valence-corrected chi connectivity index (χ0v) is 19.8. The van der Waals surface area contributed by atoms with Crippen molar-refractivity contribution in [2.24, 2.45) is 11.5 Å². The number of carbonyl (C=O) groups is 2. The van der Waals surface area contributed by atoms with E-state index in [1.165, 1.54) is 9.80 Å². The molecule has 0 aliphatic carbocycles. The molecule has 0 heterocycles. The SMILES string of the molecule is CSCCCNC(=O)N(CCCCCCN(C(=N)N)C(=O)NCCCSC)C(=N)N. The van der Waals surface area contributed by atoms with Gasteiger partial charge in [0.15, 0.2) is 11.9 Å². The molecule has 0 atom stereocenters. The van der Waals surface area contributed by atoms with Gasteiger partial charge in [-0.15, -0.1) is 0 Å². The first-order valence-corrected chi connectivity index (χ1v) is 12.9. The lowest BCUT2D eigenvalue weighted by molar-refractivity contribution is 0.217. The number of unbranched alkanes of at least 4 members (excludes halogenated alkanes) is 3. The van der Waals surface area contributed by atoms with E-state index >= 15 is 0 Å². The highest BCUT2D eigenvalue weighted by Crippen LogP contribution is 2.05. The Hall–Kier alpha value is -1.82. The fraction of sp³-hybridized carbons (Fsp3) is 0.778. The van der Waals surface area contributed by atoms with Crippen LogP contribution in [0.1, 0.15) is 38.5 Å². The minimum absolute atomic E-state index is 0.265. The lowest BCUT2D eigenvalue weighted by Crippen LogP contribution is -2.47. The van der Waals surface area contributed by atoms with Crippen molar-refractivity contribution in [2.75, 3.05) is 50.2 Å². The van der Waals surface area contributed by atoms with Gasteiger partial charge in [-0.1, -0.05) is 12.8 Å². The van der Waals surface area contributed by atoms with E-state index in [-0.39, 0.29) is 24.0 Å². The molecule has 174 valence electrons. The molecule has 0 aromatic carbocycles. The van der Waals surface area contributed by atoms with Crippen LogP contribution in [0.2, 0.25) is 0 Å². The van der Waals surface area contributed by atoms with E-state index < -0.39 is 0 Å². The van der Waals surface area contributed by atoms with Crippen molar-refractivity contribution in [1.82, 2.24) is 20.4 Å². The summed E-state index contributed by atoms with van der Waals surface area (Å²) >= 11 is 3.44. The van der Waals surface area contributed by atoms with Gasteiger partial charge in [-0.3, -0.25) is 20.6 Å². The fourth-order valence-corrected chi connectivity index (χ4v) is 3.44. The molecule has 4 amide bonds. The molecule has 0 aliphatic rings. The maximum Gasteiger partial charge on any atom is 0.324 e. The van der Waals surface area contributed by atoms with Gasteiger partial charge in [-0.05, 0) is 49.7 Å². The Balaban J connectivity index is 4.15. The highest BCUT2D eigenvalue weighted by Gasteiger charge is 2.16. The topological polar surface area (TPSA) is 164 Å². The van der Waals surface area contributed by atoms with Crippen LogP contribution in [-0.2, 0) is 0 Å². The summed E-state index contributed by atoms with van der Waals surface area (Å²) in [6.07, 6.45) is 8.77. The Morgan fingerprint density at radius 2 is 1.10 bits per heavy atom. The van der Waals surface area contributed by atoms with Gasteiger partial charge in [0, 0.05) is 26.2 Å². The molecule has 0 aliphatic heterocycles. The molecule has 0 aromatic heterocycles. The maximum atomic E-state index is 12.1. The molecule has 30 heavy (non-hydrogen) atoms. The summed E-state index contributed by atoms with van der Waals surface area (Å²) in [5, 5.41) is 20.7. The van der Waals surface area contributed by atoms with Crippen LogP contribution in [-0.4, -0.2) is 84.0 Å². The maximum absolute atomic E-state index is 12.1. The molecule has 0 aromatic rings. The van der Waals surface area contributed by atoms with E-state index in [1.54, 1.807) is 23.5 Å². The third kappa shape index (κ3) is 13.4. The van der Waals surface area contributed by atoms with E-state index in [0.717, 1.165) is 37.2 Å².